The number of rotatable bonds is 12. The molecule has 0 fully saturated rings. The van der Waals surface area contributed by atoms with Crippen LogP contribution in [0.4, 0.5) is 34.1 Å². The molecule has 0 heterocycles. The minimum atomic E-state index is -0.626. The molecule has 0 radical (unpaired) electrons. The molecule has 0 aliphatic heterocycles. The molecule has 0 spiro atoms. The van der Waals surface area contributed by atoms with Crippen LogP contribution in [0.2, 0.25) is 0 Å². The summed E-state index contributed by atoms with van der Waals surface area (Å²) in [4.78, 5) is 79.1. The number of anilines is 6. The minimum absolute atomic E-state index is 0.000437. The summed E-state index contributed by atoms with van der Waals surface area (Å²) >= 11 is 0. The summed E-state index contributed by atoms with van der Waals surface area (Å²) in [5, 5.41) is 14.9. The fraction of sp³-hybridized carbons (Fsp3) is 0. The van der Waals surface area contributed by atoms with Crippen molar-refractivity contribution in [2.45, 2.75) is 0 Å². The molecule has 13 nitrogen and oxygen atoms in total. The number of nitrogens with zero attached hydrogens (tertiary/aromatic N) is 1. The number of nitrogens with one attached hydrogen (secondary N) is 5. The standard InChI is InChI=1S/C48H37N7O6/c49-55(48(61)33-14-8-3-9-15-33)42-26-24-41(25-27-42)54-47(60)36-29-34(45(58)52-39-20-16-37(17-21-39)50-43(56)31-10-4-1-5-11-31)28-35(30-36)46(59)53-40-22-18-38(19-23-40)51-44(57)32-12-6-2-7-13-32/h1-30H,49H2,(H,50,56)(H,51,57)(H,52,58)(H,53,59)(H,54,60). The molecular formula is C48H37N7O6. The number of nitrogens with two attached hydrogens (primary N) is 1. The van der Waals surface area contributed by atoms with Crippen LogP contribution in [0, 0.1) is 0 Å². The van der Waals surface area contributed by atoms with Gasteiger partial charge in [0.2, 0.25) is 0 Å². The fourth-order valence-electron chi connectivity index (χ4n) is 6.03. The Morgan fingerprint density at radius 2 is 0.557 bits per heavy atom. The minimum Gasteiger partial charge on any atom is -0.322 e. The molecule has 7 N–H and O–H groups in total. The highest BCUT2D eigenvalue weighted by Crippen LogP contribution is 2.22. The molecule has 0 aromatic heterocycles. The van der Waals surface area contributed by atoms with E-state index in [-0.39, 0.29) is 28.5 Å². The van der Waals surface area contributed by atoms with E-state index in [1.165, 1.54) is 18.2 Å². The molecule has 0 unspecified atom stereocenters. The van der Waals surface area contributed by atoms with E-state index in [4.69, 9.17) is 5.84 Å². The number of amides is 6. The van der Waals surface area contributed by atoms with Crippen LogP contribution in [0.25, 0.3) is 0 Å². The Balaban J connectivity index is 1.08. The van der Waals surface area contributed by atoms with Crippen molar-refractivity contribution < 1.29 is 28.8 Å². The molecule has 300 valence electrons. The smallest absolute Gasteiger partial charge is 0.272 e. The van der Waals surface area contributed by atoms with Crippen LogP contribution >= 0.6 is 0 Å². The molecular weight excluding hydrogens is 771 g/mol. The van der Waals surface area contributed by atoms with Gasteiger partial charge in [-0.05, 0) is 127 Å². The van der Waals surface area contributed by atoms with Crippen LogP contribution < -0.4 is 37.4 Å². The van der Waals surface area contributed by atoms with E-state index < -0.39 is 23.6 Å². The predicted molar refractivity (Wildman–Crippen MR) is 236 cm³/mol. The summed E-state index contributed by atoms with van der Waals surface area (Å²) in [5.74, 6) is 3.24. The van der Waals surface area contributed by atoms with Crippen LogP contribution in [-0.4, -0.2) is 35.4 Å². The van der Waals surface area contributed by atoms with Gasteiger partial charge in [-0.25, -0.2) is 10.9 Å². The first-order valence-electron chi connectivity index (χ1n) is 18.9. The van der Waals surface area contributed by atoms with Crippen LogP contribution in [0.15, 0.2) is 182 Å². The molecule has 0 aliphatic rings. The number of hydrazine groups is 1. The van der Waals surface area contributed by atoms with Crippen LogP contribution in [0.1, 0.15) is 62.1 Å². The van der Waals surface area contributed by atoms with Gasteiger partial charge in [-0.3, -0.25) is 28.8 Å². The van der Waals surface area contributed by atoms with Gasteiger partial charge in [0.15, 0.2) is 0 Å². The predicted octanol–water partition coefficient (Wildman–Crippen LogP) is 8.47. The van der Waals surface area contributed by atoms with Crippen molar-refractivity contribution in [1.29, 1.82) is 0 Å². The lowest BCUT2D eigenvalue weighted by Crippen LogP contribution is -2.37. The topological polar surface area (TPSA) is 192 Å². The number of hydrogen-bond acceptors (Lipinski definition) is 7. The number of carbonyl (C=O) groups is 6. The van der Waals surface area contributed by atoms with Crippen molar-refractivity contribution in [3.8, 4) is 0 Å². The van der Waals surface area contributed by atoms with E-state index in [9.17, 15) is 28.8 Å². The molecule has 0 saturated carbocycles. The van der Waals surface area contributed by atoms with Gasteiger partial charge in [-0.1, -0.05) is 54.6 Å². The van der Waals surface area contributed by atoms with E-state index in [1.54, 1.807) is 152 Å². The van der Waals surface area contributed by atoms with Crippen LogP contribution in [-0.2, 0) is 0 Å². The van der Waals surface area contributed by atoms with Crippen LogP contribution in [0.3, 0.4) is 0 Å². The molecule has 7 aromatic rings. The van der Waals surface area contributed by atoms with Gasteiger partial charge < -0.3 is 26.6 Å². The number of hydrogen-bond donors (Lipinski definition) is 6. The third-order valence-corrected chi connectivity index (χ3v) is 9.24. The molecule has 6 amide bonds. The highest BCUT2D eigenvalue weighted by Gasteiger charge is 2.19. The lowest BCUT2D eigenvalue weighted by atomic mass is 10.0. The Kier molecular flexibility index (Phi) is 12.4. The summed E-state index contributed by atoms with van der Waals surface area (Å²) in [6, 6.07) is 49.3. The second kappa shape index (κ2) is 18.7. The zero-order chi connectivity index (χ0) is 42.7. The monoisotopic (exact) mass is 807 g/mol. The van der Waals surface area contributed by atoms with E-state index in [1.807, 2.05) is 12.1 Å². The maximum atomic E-state index is 13.7. The van der Waals surface area contributed by atoms with E-state index in [0.29, 0.717) is 50.8 Å². The normalized spacial score (nSPS) is 10.4. The zero-order valence-electron chi connectivity index (χ0n) is 32.3. The third kappa shape index (κ3) is 10.4. The lowest BCUT2D eigenvalue weighted by molar-refractivity contribution is 0.0982. The summed E-state index contributed by atoms with van der Waals surface area (Å²) < 4.78 is 0. The summed E-state index contributed by atoms with van der Waals surface area (Å²) in [6.45, 7) is 0. The number of carbonyl (C=O) groups excluding carboxylic acids is 6. The molecule has 61 heavy (non-hydrogen) atoms. The van der Waals surface area contributed by atoms with Gasteiger partial charge in [0.05, 0.1) is 5.69 Å². The summed E-state index contributed by atoms with van der Waals surface area (Å²) in [5.41, 5.74) is 3.92. The molecule has 0 bridgehead atoms. The quantitative estimate of drug-likeness (QED) is 0.0405. The van der Waals surface area contributed by atoms with Gasteiger partial charge in [0.1, 0.15) is 0 Å². The zero-order valence-corrected chi connectivity index (χ0v) is 32.3. The SMILES string of the molecule is NN(C(=O)c1ccccc1)c1ccc(NC(=O)c2cc(C(=O)Nc3ccc(NC(=O)c4ccccc4)cc3)cc(C(=O)Nc3ccc(NC(=O)c4ccccc4)cc3)c2)cc1. The van der Waals surface area contributed by atoms with Gasteiger partial charge in [0.25, 0.3) is 35.4 Å². The fourth-order valence-corrected chi connectivity index (χ4v) is 6.03. The Labute approximate surface area is 350 Å². The first-order valence-corrected chi connectivity index (χ1v) is 18.9. The molecule has 7 aromatic carbocycles. The van der Waals surface area contributed by atoms with E-state index in [2.05, 4.69) is 26.6 Å². The third-order valence-electron chi connectivity index (χ3n) is 9.24. The van der Waals surface area contributed by atoms with Gasteiger partial charge >= 0.3 is 0 Å². The van der Waals surface area contributed by atoms with Crippen molar-refractivity contribution in [2.24, 2.45) is 5.84 Å². The highest BCUT2D eigenvalue weighted by molar-refractivity contribution is 6.13. The Morgan fingerprint density at radius 3 is 0.852 bits per heavy atom. The molecule has 7 rings (SSSR count). The summed E-state index contributed by atoms with van der Waals surface area (Å²) in [6.07, 6.45) is 0. The average molecular weight is 808 g/mol. The maximum absolute atomic E-state index is 13.7. The molecule has 0 aliphatic carbocycles. The Hall–Kier alpha value is -8.68. The maximum Gasteiger partial charge on any atom is 0.272 e. The first-order chi connectivity index (χ1) is 29.6. The molecule has 13 heteroatoms. The lowest BCUT2D eigenvalue weighted by Gasteiger charge is -2.17. The van der Waals surface area contributed by atoms with Crippen molar-refractivity contribution in [2.75, 3.05) is 31.6 Å². The average Bonchev–Trinajstić information content (AvgIpc) is 3.30. The van der Waals surface area contributed by atoms with Crippen LogP contribution in [0.5, 0.6) is 0 Å². The van der Waals surface area contributed by atoms with Crippen molar-refractivity contribution >= 4 is 69.6 Å². The first kappa shape index (κ1) is 40.5. The highest BCUT2D eigenvalue weighted by atomic mass is 16.2. The second-order valence-corrected chi connectivity index (χ2v) is 13.5. The number of benzene rings is 7. The second-order valence-electron chi connectivity index (χ2n) is 13.5. The van der Waals surface area contributed by atoms with E-state index in [0.717, 1.165) is 5.01 Å². The summed E-state index contributed by atoms with van der Waals surface area (Å²) in [7, 11) is 0. The van der Waals surface area contributed by atoms with Crippen molar-refractivity contribution in [3.63, 3.8) is 0 Å². The van der Waals surface area contributed by atoms with Gasteiger partial charge in [-0.15, -0.1) is 0 Å². The van der Waals surface area contributed by atoms with E-state index >= 15 is 0 Å². The van der Waals surface area contributed by atoms with Gasteiger partial charge in [0, 0.05) is 61.8 Å². The Morgan fingerprint density at radius 1 is 0.311 bits per heavy atom. The molecule has 0 saturated heterocycles. The van der Waals surface area contributed by atoms with Crippen molar-refractivity contribution in [3.05, 3.63) is 215 Å². The largest absolute Gasteiger partial charge is 0.322 e. The van der Waals surface area contributed by atoms with Gasteiger partial charge in [-0.2, -0.15) is 0 Å². The molecule has 0 atom stereocenters. The Bertz CT molecular complexity index is 2580. The van der Waals surface area contributed by atoms with Crippen molar-refractivity contribution in [1.82, 2.24) is 0 Å².